The SMILES string of the molecule is COCC1(CNc2nc(C)nc3c2CCNCC3)CCC1. The Balaban J connectivity index is 1.77. The molecule has 21 heavy (non-hydrogen) atoms. The maximum atomic E-state index is 5.41. The minimum atomic E-state index is 0.309. The average Bonchev–Trinajstić information content (AvgIpc) is 2.66. The molecule has 0 aromatic carbocycles. The van der Waals surface area contributed by atoms with E-state index in [-0.39, 0.29) is 0 Å². The van der Waals surface area contributed by atoms with Gasteiger partial charge in [0.15, 0.2) is 0 Å². The third-order valence-corrected chi connectivity index (χ3v) is 4.79. The average molecular weight is 290 g/mol. The van der Waals surface area contributed by atoms with E-state index in [1.54, 1.807) is 7.11 Å². The molecule has 0 unspecified atom stereocenters. The number of hydrogen-bond donors (Lipinski definition) is 2. The van der Waals surface area contributed by atoms with E-state index in [1.165, 1.54) is 30.5 Å². The third kappa shape index (κ3) is 3.19. The summed E-state index contributed by atoms with van der Waals surface area (Å²) in [5.41, 5.74) is 2.82. The van der Waals surface area contributed by atoms with Gasteiger partial charge in [0, 0.05) is 37.6 Å². The minimum Gasteiger partial charge on any atom is -0.384 e. The summed E-state index contributed by atoms with van der Waals surface area (Å²) in [5, 5.41) is 7.05. The van der Waals surface area contributed by atoms with Gasteiger partial charge >= 0.3 is 0 Å². The van der Waals surface area contributed by atoms with E-state index in [2.05, 4.69) is 20.6 Å². The van der Waals surface area contributed by atoms with Crippen LogP contribution in [0.5, 0.6) is 0 Å². The molecule has 0 radical (unpaired) electrons. The summed E-state index contributed by atoms with van der Waals surface area (Å²) in [4.78, 5) is 9.29. The van der Waals surface area contributed by atoms with Gasteiger partial charge in [-0.15, -0.1) is 0 Å². The van der Waals surface area contributed by atoms with Crippen LogP contribution in [0, 0.1) is 12.3 Å². The van der Waals surface area contributed by atoms with Crippen molar-refractivity contribution in [3.63, 3.8) is 0 Å². The second-order valence-electron chi connectivity index (χ2n) is 6.43. The van der Waals surface area contributed by atoms with Crippen molar-refractivity contribution in [2.75, 3.05) is 38.7 Å². The highest BCUT2D eigenvalue weighted by Gasteiger charge is 2.37. The predicted molar refractivity (Wildman–Crippen MR) is 83.7 cm³/mol. The molecule has 116 valence electrons. The van der Waals surface area contributed by atoms with Crippen LogP contribution in [0.3, 0.4) is 0 Å². The zero-order chi connectivity index (χ0) is 14.7. The van der Waals surface area contributed by atoms with Gasteiger partial charge in [0.05, 0.1) is 12.3 Å². The van der Waals surface area contributed by atoms with Crippen LogP contribution in [0.4, 0.5) is 5.82 Å². The molecule has 0 amide bonds. The number of hydrogen-bond acceptors (Lipinski definition) is 5. The lowest BCUT2D eigenvalue weighted by Gasteiger charge is -2.41. The van der Waals surface area contributed by atoms with E-state index in [1.807, 2.05) is 6.92 Å². The van der Waals surface area contributed by atoms with Gasteiger partial charge in [-0.1, -0.05) is 6.42 Å². The van der Waals surface area contributed by atoms with Crippen LogP contribution >= 0.6 is 0 Å². The highest BCUT2D eigenvalue weighted by atomic mass is 16.5. The summed E-state index contributed by atoms with van der Waals surface area (Å²) in [6.07, 6.45) is 5.82. The van der Waals surface area contributed by atoms with E-state index in [0.29, 0.717) is 5.41 Å². The molecule has 1 aromatic heterocycles. The molecule has 0 saturated heterocycles. The molecule has 1 fully saturated rings. The summed E-state index contributed by atoms with van der Waals surface area (Å²) in [7, 11) is 1.80. The Morgan fingerprint density at radius 1 is 1.24 bits per heavy atom. The standard InChI is InChI=1S/C16H26N4O/c1-12-19-14-5-9-17-8-4-13(14)15(20-12)18-10-16(11-21-2)6-3-7-16/h17H,3-11H2,1-2H3,(H,18,19,20). The summed E-state index contributed by atoms with van der Waals surface area (Å²) in [6, 6.07) is 0. The minimum absolute atomic E-state index is 0.309. The van der Waals surface area contributed by atoms with Gasteiger partial charge in [-0.3, -0.25) is 0 Å². The number of nitrogens with one attached hydrogen (secondary N) is 2. The third-order valence-electron chi connectivity index (χ3n) is 4.79. The Morgan fingerprint density at radius 2 is 2.05 bits per heavy atom. The van der Waals surface area contributed by atoms with Crippen LogP contribution in [-0.2, 0) is 17.6 Å². The van der Waals surface area contributed by atoms with E-state index in [9.17, 15) is 0 Å². The van der Waals surface area contributed by atoms with Crippen molar-refractivity contribution < 1.29 is 4.74 Å². The summed E-state index contributed by atoms with van der Waals surface area (Å²) in [5.74, 6) is 1.91. The van der Waals surface area contributed by atoms with Gasteiger partial charge in [-0.25, -0.2) is 9.97 Å². The fraction of sp³-hybridized carbons (Fsp3) is 0.750. The Hall–Kier alpha value is -1.20. The lowest BCUT2D eigenvalue weighted by atomic mass is 9.69. The molecule has 0 bridgehead atoms. The quantitative estimate of drug-likeness (QED) is 0.864. The maximum Gasteiger partial charge on any atom is 0.133 e. The van der Waals surface area contributed by atoms with Crippen molar-refractivity contribution in [3.05, 3.63) is 17.1 Å². The molecule has 3 rings (SSSR count). The second kappa shape index (κ2) is 6.28. The predicted octanol–water partition coefficient (Wildman–Crippen LogP) is 1.70. The zero-order valence-electron chi connectivity index (χ0n) is 13.2. The van der Waals surface area contributed by atoms with Crippen LogP contribution in [-0.4, -0.2) is 43.3 Å². The fourth-order valence-electron chi connectivity index (χ4n) is 3.44. The second-order valence-corrected chi connectivity index (χ2v) is 6.43. The molecule has 2 heterocycles. The number of rotatable bonds is 5. The highest BCUT2D eigenvalue weighted by Crippen LogP contribution is 2.41. The van der Waals surface area contributed by atoms with Crippen LogP contribution < -0.4 is 10.6 Å². The molecular formula is C16H26N4O. The van der Waals surface area contributed by atoms with Crippen LogP contribution in [0.2, 0.25) is 0 Å². The number of fused-ring (bicyclic) bond motifs is 1. The molecular weight excluding hydrogens is 264 g/mol. The molecule has 1 aromatic rings. The Labute approximate surface area is 126 Å². The Morgan fingerprint density at radius 3 is 2.76 bits per heavy atom. The van der Waals surface area contributed by atoms with Crippen molar-refractivity contribution in [1.82, 2.24) is 15.3 Å². The maximum absolute atomic E-state index is 5.41. The molecule has 1 aliphatic carbocycles. The van der Waals surface area contributed by atoms with Gasteiger partial charge in [0.25, 0.3) is 0 Å². The lowest BCUT2D eigenvalue weighted by Crippen LogP contribution is -2.40. The van der Waals surface area contributed by atoms with Crippen molar-refractivity contribution in [2.24, 2.45) is 5.41 Å². The smallest absolute Gasteiger partial charge is 0.133 e. The normalized spacial score (nSPS) is 20.3. The fourth-order valence-corrected chi connectivity index (χ4v) is 3.44. The van der Waals surface area contributed by atoms with Crippen LogP contribution in [0.15, 0.2) is 0 Å². The van der Waals surface area contributed by atoms with Gasteiger partial charge in [-0.05, 0) is 32.7 Å². The molecule has 1 aliphatic heterocycles. The largest absolute Gasteiger partial charge is 0.384 e. The Bertz CT molecular complexity index is 499. The monoisotopic (exact) mass is 290 g/mol. The Kier molecular flexibility index (Phi) is 4.40. The van der Waals surface area contributed by atoms with Gasteiger partial charge in [-0.2, -0.15) is 0 Å². The van der Waals surface area contributed by atoms with E-state index >= 15 is 0 Å². The van der Waals surface area contributed by atoms with Crippen LogP contribution in [0.1, 0.15) is 36.3 Å². The summed E-state index contributed by atoms with van der Waals surface area (Å²) >= 11 is 0. The number of ether oxygens (including phenoxy) is 1. The van der Waals surface area contributed by atoms with Gasteiger partial charge in [0.2, 0.25) is 0 Å². The number of aryl methyl sites for hydroxylation is 1. The molecule has 1 saturated carbocycles. The van der Waals surface area contributed by atoms with Crippen LogP contribution in [0.25, 0.3) is 0 Å². The van der Waals surface area contributed by atoms with Crippen molar-refractivity contribution >= 4 is 5.82 Å². The topological polar surface area (TPSA) is 59.1 Å². The zero-order valence-corrected chi connectivity index (χ0v) is 13.2. The summed E-state index contributed by atoms with van der Waals surface area (Å²) in [6.45, 7) is 5.80. The highest BCUT2D eigenvalue weighted by molar-refractivity contribution is 5.48. The molecule has 0 atom stereocenters. The van der Waals surface area contributed by atoms with E-state index in [0.717, 1.165) is 50.7 Å². The van der Waals surface area contributed by atoms with Gasteiger partial charge < -0.3 is 15.4 Å². The van der Waals surface area contributed by atoms with Crippen molar-refractivity contribution in [1.29, 1.82) is 0 Å². The first-order chi connectivity index (χ1) is 10.2. The van der Waals surface area contributed by atoms with Crippen molar-refractivity contribution in [2.45, 2.75) is 39.0 Å². The number of nitrogens with zero attached hydrogens (tertiary/aromatic N) is 2. The number of methoxy groups -OCH3 is 1. The lowest BCUT2D eigenvalue weighted by molar-refractivity contribution is 0.0282. The molecule has 2 N–H and O–H groups in total. The van der Waals surface area contributed by atoms with E-state index in [4.69, 9.17) is 4.74 Å². The van der Waals surface area contributed by atoms with E-state index < -0.39 is 0 Å². The first-order valence-corrected chi connectivity index (χ1v) is 8.02. The first-order valence-electron chi connectivity index (χ1n) is 8.02. The number of aromatic nitrogens is 2. The molecule has 2 aliphatic rings. The number of anilines is 1. The molecule has 5 nitrogen and oxygen atoms in total. The first kappa shape index (κ1) is 14.7. The molecule has 5 heteroatoms. The summed E-state index contributed by atoms with van der Waals surface area (Å²) < 4.78 is 5.41. The van der Waals surface area contributed by atoms with Gasteiger partial charge in [0.1, 0.15) is 11.6 Å². The molecule has 0 spiro atoms. The van der Waals surface area contributed by atoms with Crippen molar-refractivity contribution in [3.8, 4) is 0 Å².